The molecule has 0 atom stereocenters. The molecule has 0 aliphatic rings. The van der Waals surface area contributed by atoms with Gasteiger partial charge < -0.3 is 10.1 Å². The van der Waals surface area contributed by atoms with E-state index in [0.29, 0.717) is 24.2 Å². The fourth-order valence-electron chi connectivity index (χ4n) is 2.40. The molecule has 2 aromatic heterocycles. The van der Waals surface area contributed by atoms with Gasteiger partial charge in [-0.15, -0.1) is 0 Å². The van der Waals surface area contributed by atoms with E-state index in [1.54, 1.807) is 10.7 Å². The number of carbonyl (C=O) groups excluding carboxylic acids is 2. The molecule has 0 fully saturated rings. The number of esters is 1. The summed E-state index contributed by atoms with van der Waals surface area (Å²) < 4.78 is 6.24. The number of ether oxygens (including phenoxy) is 1. The van der Waals surface area contributed by atoms with Crippen molar-refractivity contribution in [1.29, 1.82) is 0 Å². The molecule has 0 bridgehead atoms. The second-order valence-electron chi connectivity index (χ2n) is 5.48. The molecule has 2 heterocycles. The Hall–Kier alpha value is -2.44. The SMILES string of the molecule is COC(=O)CCCCCNC(=O)c1cnn2c(C)cc(C)nc12. The van der Waals surface area contributed by atoms with Crippen molar-refractivity contribution >= 4 is 17.5 Å². The van der Waals surface area contributed by atoms with E-state index in [4.69, 9.17) is 0 Å². The van der Waals surface area contributed by atoms with Crippen molar-refractivity contribution in [1.82, 2.24) is 19.9 Å². The van der Waals surface area contributed by atoms with E-state index in [-0.39, 0.29) is 11.9 Å². The number of methoxy groups -OCH3 is 1. The van der Waals surface area contributed by atoms with E-state index < -0.39 is 0 Å². The second kappa shape index (κ2) is 7.71. The standard InChI is InChI=1S/C16H22N4O3/c1-11-9-12(2)20-15(19-11)13(10-18-20)16(22)17-8-6-4-5-7-14(21)23-3/h9-10H,4-8H2,1-3H3,(H,17,22). The first-order valence-corrected chi connectivity index (χ1v) is 7.70. The maximum atomic E-state index is 12.3. The number of aromatic nitrogens is 3. The van der Waals surface area contributed by atoms with Gasteiger partial charge in [0.15, 0.2) is 5.65 Å². The molecule has 23 heavy (non-hydrogen) atoms. The van der Waals surface area contributed by atoms with Gasteiger partial charge in [0.1, 0.15) is 5.56 Å². The van der Waals surface area contributed by atoms with Gasteiger partial charge in [0.05, 0.1) is 13.3 Å². The van der Waals surface area contributed by atoms with Crippen LogP contribution in [0.25, 0.3) is 5.65 Å². The fourth-order valence-corrected chi connectivity index (χ4v) is 2.40. The van der Waals surface area contributed by atoms with E-state index in [9.17, 15) is 9.59 Å². The van der Waals surface area contributed by atoms with Gasteiger partial charge in [0.2, 0.25) is 0 Å². The Bertz CT molecular complexity index is 709. The number of hydrogen-bond donors (Lipinski definition) is 1. The minimum atomic E-state index is -0.197. The van der Waals surface area contributed by atoms with Crippen LogP contribution >= 0.6 is 0 Å². The van der Waals surface area contributed by atoms with Crippen molar-refractivity contribution < 1.29 is 14.3 Å². The van der Waals surface area contributed by atoms with E-state index in [0.717, 1.165) is 30.7 Å². The van der Waals surface area contributed by atoms with Gasteiger partial charge in [0, 0.05) is 24.4 Å². The lowest BCUT2D eigenvalue weighted by molar-refractivity contribution is -0.140. The molecule has 0 saturated carbocycles. The number of fused-ring (bicyclic) bond motifs is 1. The van der Waals surface area contributed by atoms with Crippen LogP contribution in [0.15, 0.2) is 12.3 Å². The highest BCUT2D eigenvalue weighted by atomic mass is 16.5. The predicted octanol–water partition coefficient (Wildman–Crippen LogP) is 1.81. The van der Waals surface area contributed by atoms with E-state index >= 15 is 0 Å². The van der Waals surface area contributed by atoms with Crippen molar-refractivity contribution in [2.45, 2.75) is 39.5 Å². The molecule has 0 radical (unpaired) electrons. The quantitative estimate of drug-likeness (QED) is 0.621. The third-order valence-electron chi connectivity index (χ3n) is 3.59. The number of rotatable bonds is 7. The molecule has 7 heteroatoms. The third-order valence-corrected chi connectivity index (χ3v) is 3.59. The van der Waals surface area contributed by atoms with E-state index in [1.165, 1.54) is 7.11 Å². The van der Waals surface area contributed by atoms with Crippen molar-refractivity contribution in [3.05, 3.63) is 29.2 Å². The molecule has 1 N–H and O–H groups in total. The second-order valence-corrected chi connectivity index (χ2v) is 5.48. The number of unbranched alkanes of at least 4 members (excludes halogenated alkanes) is 2. The van der Waals surface area contributed by atoms with E-state index in [2.05, 4.69) is 20.1 Å². The van der Waals surface area contributed by atoms with Gasteiger partial charge in [-0.3, -0.25) is 9.59 Å². The molecule has 7 nitrogen and oxygen atoms in total. The van der Waals surface area contributed by atoms with Crippen LogP contribution in [0.4, 0.5) is 0 Å². The van der Waals surface area contributed by atoms with Crippen molar-refractivity contribution in [3.8, 4) is 0 Å². The van der Waals surface area contributed by atoms with Gasteiger partial charge in [-0.2, -0.15) is 5.10 Å². The first-order chi connectivity index (χ1) is 11.0. The number of aryl methyl sites for hydroxylation is 2. The number of nitrogens with one attached hydrogen (secondary N) is 1. The molecule has 0 aliphatic heterocycles. The zero-order valence-electron chi connectivity index (χ0n) is 13.8. The topological polar surface area (TPSA) is 85.6 Å². The van der Waals surface area contributed by atoms with Crippen LogP contribution in [-0.4, -0.2) is 40.1 Å². The van der Waals surface area contributed by atoms with Gasteiger partial charge >= 0.3 is 5.97 Å². The number of carbonyl (C=O) groups is 2. The number of hydrogen-bond acceptors (Lipinski definition) is 5. The minimum Gasteiger partial charge on any atom is -0.469 e. The van der Waals surface area contributed by atoms with Gasteiger partial charge in [-0.25, -0.2) is 9.50 Å². The van der Waals surface area contributed by atoms with Crippen molar-refractivity contribution in [2.24, 2.45) is 0 Å². The molecule has 0 saturated heterocycles. The summed E-state index contributed by atoms with van der Waals surface area (Å²) >= 11 is 0. The molecule has 0 unspecified atom stereocenters. The first-order valence-electron chi connectivity index (χ1n) is 7.70. The van der Waals surface area contributed by atoms with Crippen LogP contribution < -0.4 is 5.32 Å². The molecule has 1 amide bonds. The summed E-state index contributed by atoms with van der Waals surface area (Å²) in [6, 6.07) is 1.92. The lowest BCUT2D eigenvalue weighted by Gasteiger charge is -2.05. The maximum absolute atomic E-state index is 12.3. The molecular weight excluding hydrogens is 296 g/mol. The largest absolute Gasteiger partial charge is 0.469 e. The minimum absolute atomic E-state index is 0.175. The Balaban J connectivity index is 1.86. The summed E-state index contributed by atoms with van der Waals surface area (Å²) in [7, 11) is 1.39. The number of amides is 1. The summed E-state index contributed by atoms with van der Waals surface area (Å²) in [5.74, 6) is -0.373. The molecule has 0 aliphatic carbocycles. The van der Waals surface area contributed by atoms with E-state index in [1.807, 2.05) is 19.9 Å². The highest BCUT2D eigenvalue weighted by Gasteiger charge is 2.14. The summed E-state index contributed by atoms with van der Waals surface area (Å²) in [6.45, 7) is 4.38. The Morgan fingerprint density at radius 3 is 2.78 bits per heavy atom. The molecule has 124 valence electrons. The Labute approximate surface area is 135 Å². The lowest BCUT2D eigenvalue weighted by Crippen LogP contribution is -2.24. The van der Waals surface area contributed by atoms with Crippen LogP contribution in [-0.2, 0) is 9.53 Å². The zero-order valence-corrected chi connectivity index (χ0v) is 13.8. The van der Waals surface area contributed by atoms with Crippen LogP contribution in [0.3, 0.4) is 0 Å². The predicted molar refractivity (Wildman–Crippen MR) is 85.3 cm³/mol. The maximum Gasteiger partial charge on any atom is 0.305 e. The smallest absolute Gasteiger partial charge is 0.305 e. The summed E-state index contributed by atoms with van der Waals surface area (Å²) in [5, 5.41) is 7.08. The van der Waals surface area contributed by atoms with Crippen molar-refractivity contribution in [2.75, 3.05) is 13.7 Å². The molecule has 2 rings (SSSR count). The molecule has 0 aromatic carbocycles. The number of nitrogens with zero attached hydrogens (tertiary/aromatic N) is 3. The van der Waals surface area contributed by atoms with Gasteiger partial charge in [0.25, 0.3) is 5.91 Å². The molecule has 2 aromatic rings. The highest BCUT2D eigenvalue weighted by Crippen LogP contribution is 2.11. The van der Waals surface area contributed by atoms with Crippen LogP contribution in [0.5, 0.6) is 0 Å². The summed E-state index contributed by atoms with van der Waals surface area (Å²) in [6.07, 6.45) is 4.40. The Kier molecular flexibility index (Phi) is 5.67. The van der Waals surface area contributed by atoms with Crippen LogP contribution in [0.2, 0.25) is 0 Å². The van der Waals surface area contributed by atoms with Crippen LogP contribution in [0, 0.1) is 13.8 Å². The average molecular weight is 318 g/mol. The fraction of sp³-hybridized carbons (Fsp3) is 0.500. The van der Waals surface area contributed by atoms with Gasteiger partial charge in [-0.1, -0.05) is 6.42 Å². The van der Waals surface area contributed by atoms with Crippen LogP contribution in [0.1, 0.15) is 47.4 Å². The Morgan fingerprint density at radius 1 is 1.26 bits per heavy atom. The van der Waals surface area contributed by atoms with Crippen molar-refractivity contribution in [3.63, 3.8) is 0 Å². The normalized spacial score (nSPS) is 10.7. The zero-order chi connectivity index (χ0) is 16.8. The lowest BCUT2D eigenvalue weighted by atomic mass is 10.2. The monoisotopic (exact) mass is 318 g/mol. The Morgan fingerprint density at radius 2 is 2.04 bits per heavy atom. The highest BCUT2D eigenvalue weighted by molar-refractivity contribution is 5.99. The summed E-state index contributed by atoms with van der Waals surface area (Å²) in [5.41, 5.74) is 2.85. The summed E-state index contributed by atoms with van der Waals surface area (Å²) in [4.78, 5) is 27.6. The van der Waals surface area contributed by atoms with Gasteiger partial charge in [-0.05, 0) is 32.8 Å². The molecule has 0 spiro atoms. The molecular formula is C16H22N4O3. The average Bonchev–Trinajstić information content (AvgIpc) is 2.94. The third kappa shape index (κ3) is 4.28. The first kappa shape index (κ1) is 16.9.